The molecule has 0 aliphatic carbocycles. The second-order valence-corrected chi connectivity index (χ2v) is 7.52. The summed E-state index contributed by atoms with van der Waals surface area (Å²) in [6.45, 7) is 1.00. The van der Waals surface area contributed by atoms with E-state index in [1.54, 1.807) is 12.4 Å². The molecule has 0 amide bonds. The number of nitrogens with zero attached hydrogens (tertiary/aromatic N) is 5. The van der Waals surface area contributed by atoms with Crippen LogP contribution in [0.1, 0.15) is 17.9 Å². The molecule has 1 unspecified atom stereocenters. The summed E-state index contributed by atoms with van der Waals surface area (Å²) >= 11 is 0. The van der Waals surface area contributed by atoms with Crippen molar-refractivity contribution in [1.29, 1.82) is 0 Å². The lowest BCUT2D eigenvalue weighted by Crippen LogP contribution is -2.27. The molecule has 22 heavy (non-hydrogen) atoms. The van der Waals surface area contributed by atoms with Crippen molar-refractivity contribution in [3.05, 3.63) is 24.0 Å². The Morgan fingerprint density at radius 3 is 3.00 bits per heavy atom. The number of nitrogens with one attached hydrogen (secondary N) is 1. The highest BCUT2D eigenvalue weighted by molar-refractivity contribution is 7.88. The van der Waals surface area contributed by atoms with E-state index in [1.807, 2.05) is 6.07 Å². The van der Waals surface area contributed by atoms with Crippen molar-refractivity contribution in [2.45, 2.75) is 12.3 Å². The van der Waals surface area contributed by atoms with Gasteiger partial charge in [-0.3, -0.25) is 5.10 Å². The second-order valence-electron chi connectivity index (χ2n) is 5.54. The minimum absolute atomic E-state index is 0.0987. The average Bonchev–Trinajstić information content (AvgIpc) is 3.15. The molecule has 1 aliphatic rings. The standard InChI is InChI=1S/C13H14N6O2S/c1-22(20,21)19-5-3-8(7-19)10-6-15-16-13-11(10)9-2-4-14-12(9)17-18-13/h2,4,6,8H,3,5,7H2,1H3,(H,16,18). The Morgan fingerprint density at radius 1 is 1.36 bits per heavy atom. The molecule has 4 rings (SSSR count). The van der Waals surface area contributed by atoms with Crippen LogP contribution in [0, 0.1) is 0 Å². The fourth-order valence-corrected chi connectivity index (χ4v) is 3.95. The molecule has 1 saturated heterocycles. The Morgan fingerprint density at radius 2 is 2.23 bits per heavy atom. The number of hydrogen-bond donors (Lipinski definition) is 1. The first-order valence-electron chi connectivity index (χ1n) is 6.93. The number of rotatable bonds is 2. The molecule has 1 fully saturated rings. The molecule has 1 N–H and O–H groups in total. The molecule has 1 atom stereocenters. The summed E-state index contributed by atoms with van der Waals surface area (Å²) in [7, 11) is -3.16. The zero-order valence-electron chi connectivity index (χ0n) is 11.9. The van der Waals surface area contributed by atoms with Crippen molar-refractivity contribution in [2.75, 3.05) is 19.3 Å². The third-order valence-corrected chi connectivity index (χ3v) is 5.42. The van der Waals surface area contributed by atoms with Crippen LogP contribution in [0.25, 0.3) is 22.1 Å². The smallest absolute Gasteiger partial charge is 0.211 e. The van der Waals surface area contributed by atoms with Crippen molar-refractivity contribution in [1.82, 2.24) is 29.7 Å². The van der Waals surface area contributed by atoms with E-state index in [0.29, 0.717) is 24.4 Å². The monoisotopic (exact) mass is 318 g/mol. The van der Waals surface area contributed by atoms with E-state index in [4.69, 9.17) is 0 Å². The van der Waals surface area contributed by atoms with Crippen LogP contribution < -0.4 is 0 Å². The van der Waals surface area contributed by atoms with Gasteiger partial charge in [0.05, 0.1) is 12.5 Å². The maximum absolute atomic E-state index is 11.7. The van der Waals surface area contributed by atoms with Crippen LogP contribution in [-0.4, -0.2) is 57.4 Å². The number of H-pyrrole nitrogens is 1. The van der Waals surface area contributed by atoms with Gasteiger partial charge in [-0.1, -0.05) is 0 Å². The predicted octanol–water partition coefficient (Wildman–Crippen LogP) is 0.650. The quantitative estimate of drug-likeness (QED) is 0.744. The van der Waals surface area contributed by atoms with Gasteiger partial charge in [-0.2, -0.15) is 5.10 Å². The molecule has 3 aromatic heterocycles. The van der Waals surface area contributed by atoms with Gasteiger partial charge in [0, 0.05) is 36.0 Å². The molecule has 8 nitrogen and oxygen atoms in total. The van der Waals surface area contributed by atoms with Crippen LogP contribution >= 0.6 is 0 Å². The molecule has 0 bridgehead atoms. The van der Waals surface area contributed by atoms with Gasteiger partial charge in [0.25, 0.3) is 0 Å². The molecule has 0 saturated carbocycles. The highest BCUT2D eigenvalue weighted by Crippen LogP contribution is 2.34. The van der Waals surface area contributed by atoms with Gasteiger partial charge in [0.15, 0.2) is 11.3 Å². The number of aromatic amines is 1. The maximum atomic E-state index is 11.7. The summed E-state index contributed by atoms with van der Waals surface area (Å²) in [5, 5.41) is 17.0. The zero-order valence-corrected chi connectivity index (χ0v) is 12.7. The average molecular weight is 318 g/mol. The minimum Gasteiger partial charge on any atom is -0.259 e. The number of sulfonamides is 1. The third-order valence-electron chi connectivity index (χ3n) is 4.15. The van der Waals surface area contributed by atoms with Gasteiger partial charge in [-0.15, -0.1) is 10.2 Å². The first kappa shape index (κ1) is 13.5. The lowest BCUT2D eigenvalue weighted by atomic mass is 9.96. The summed E-state index contributed by atoms with van der Waals surface area (Å²) in [4.78, 5) is 4.18. The summed E-state index contributed by atoms with van der Waals surface area (Å²) in [5.74, 6) is 0.0987. The van der Waals surface area contributed by atoms with Crippen molar-refractivity contribution in [3.63, 3.8) is 0 Å². The first-order chi connectivity index (χ1) is 10.5. The second kappa shape index (κ2) is 4.68. The van der Waals surface area contributed by atoms with Crippen LogP contribution in [-0.2, 0) is 10.0 Å². The highest BCUT2D eigenvalue weighted by Gasteiger charge is 2.31. The Kier molecular flexibility index (Phi) is 2.88. The number of fused-ring (bicyclic) bond motifs is 3. The largest absolute Gasteiger partial charge is 0.259 e. The molecule has 4 heterocycles. The molecule has 0 spiro atoms. The van der Waals surface area contributed by atoms with E-state index in [0.717, 1.165) is 22.8 Å². The topological polar surface area (TPSA) is 105 Å². The Hall–Kier alpha value is -2.13. The molecular weight excluding hydrogens is 304 g/mol. The Labute approximate surface area is 126 Å². The SMILES string of the molecule is CS(=O)(=O)N1CCC(c2cn[nH]c3nnc4nccc4c23)C1. The van der Waals surface area contributed by atoms with Gasteiger partial charge in [0.2, 0.25) is 10.0 Å². The summed E-state index contributed by atoms with van der Waals surface area (Å²) in [5.41, 5.74) is 2.18. The molecule has 9 heteroatoms. The van der Waals surface area contributed by atoms with E-state index in [2.05, 4.69) is 25.4 Å². The van der Waals surface area contributed by atoms with E-state index in [1.165, 1.54) is 10.6 Å². The van der Waals surface area contributed by atoms with Crippen molar-refractivity contribution >= 4 is 32.1 Å². The molecule has 1 aliphatic heterocycles. The Balaban J connectivity index is 1.87. The first-order valence-corrected chi connectivity index (χ1v) is 8.78. The van der Waals surface area contributed by atoms with E-state index < -0.39 is 10.0 Å². The van der Waals surface area contributed by atoms with Gasteiger partial charge in [-0.05, 0) is 18.1 Å². The lowest BCUT2D eigenvalue weighted by Gasteiger charge is -2.14. The predicted molar refractivity (Wildman–Crippen MR) is 80.8 cm³/mol. The number of aromatic nitrogens is 5. The molecule has 3 aromatic rings. The van der Waals surface area contributed by atoms with Crippen LogP contribution in [0.3, 0.4) is 0 Å². The van der Waals surface area contributed by atoms with Gasteiger partial charge in [0.1, 0.15) is 0 Å². The van der Waals surface area contributed by atoms with Crippen LogP contribution in [0.5, 0.6) is 0 Å². The molecule has 0 aromatic carbocycles. The third kappa shape index (κ3) is 2.04. The Bertz CT molecular complexity index is 967. The van der Waals surface area contributed by atoms with Crippen LogP contribution in [0.15, 0.2) is 18.5 Å². The summed E-state index contributed by atoms with van der Waals surface area (Å²) in [6, 6.07) is 1.90. The van der Waals surface area contributed by atoms with Crippen LogP contribution in [0.2, 0.25) is 0 Å². The summed E-state index contributed by atoms with van der Waals surface area (Å²) < 4.78 is 24.9. The van der Waals surface area contributed by atoms with Gasteiger partial charge >= 0.3 is 0 Å². The van der Waals surface area contributed by atoms with E-state index in [9.17, 15) is 8.42 Å². The zero-order chi connectivity index (χ0) is 15.3. The van der Waals surface area contributed by atoms with E-state index in [-0.39, 0.29) is 5.92 Å². The lowest BCUT2D eigenvalue weighted by molar-refractivity contribution is 0.478. The molecule has 114 valence electrons. The fraction of sp³-hybridized carbons (Fsp3) is 0.385. The van der Waals surface area contributed by atoms with Gasteiger partial charge < -0.3 is 0 Å². The fourth-order valence-electron chi connectivity index (χ4n) is 3.07. The minimum atomic E-state index is -3.16. The van der Waals surface area contributed by atoms with Crippen molar-refractivity contribution < 1.29 is 8.42 Å². The normalized spacial score (nSPS) is 20.1. The summed E-state index contributed by atoms with van der Waals surface area (Å²) in [6.07, 6.45) is 5.47. The van der Waals surface area contributed by atoms with Crippen molar-refractivity contribution in [3.8, 4) is 0 Å². The molecular formula is C13H14N6O2S. The van der Waals surface area contributed by atoms with Gasteiger partial charge in [-0.25, -0.2) is 17.7 Å². The molecule has 0 radical (unpaired) electrons. The maximum Gasteiger partial charge on any atom is 0.211 e. The number of hydrogen-bond acceptors (Lipinski definition) is 6. The highest BCUT2D eigenvalue weighted by atomic mass is 32.2. The van der Waals surface area contributed by atoms with E-state index >= 15 is 0 Å². The van der Waals surface area contributed by atoms with Crippen molar-refractivity contribution in [2.24, 2.45) is 0 Å². The van der Waals surface area contributed by atoms with Crippen LogP contribution in [0.4, 0.5) is 0 Å².